The van der Waals surface area contributed by atoms with Crippen LogP contribution in [0, 0.1) is 5.21 Å². The Kier molecular flexibility index (Phi) is 6.89. The molecule has 178 valence electrons. The summed E-state index contributed by atoms with van der Waals surface area (Å²) in [5, 5.41) is 32.5. The molecule has 5 heteroatoms. The van der Waals surface area contributed by atoms with Crippen LogP contribution in [0.4, 0.5) is 0 Å². The normalized spacial score (nSPS) is 22.8. The smallest absolute Gasteiger partial charge is 0.206 e. The first-order valence-corrected chi connectivity index (χ1v) is 12.2. The van der Waals surface area contributed by atoms with E-state index in [1.807, 2.05) is 66.9 Å². The lowest BCUT2D eigenvalue weighted by molar-refractivity contribution is -0.616. The summed E-state index contributed by atoms with van der Waals surface area (Å²) in [6, 6.07) is 27.7. The van der Waals surface area contributed by atoms with Gasteiger partial charge in [-0.1, -0.05) is 66.7 Å². The summed E-state index contributed by atoms with van der Waals surface area (Å²) >= 11 is 0. The van der Waals surface area contributed by atoms with Crippen molar-refractivity contribution < 1.29 is 14.9 Å². The van der Waals surface area contributed by atoms with E-state index in [9.17, 15) is 15.4 Å². The van der Waals surface area contributed by atoms with E-state index in [1.54, 1.807) is 6.07 Å². The fraction of sp³-hybridized carbons (Fsp3) is 0.267. The third-order valence-corrected chi connectivity index (χ3v) is 7.11. The van der Waals surface area contributed by atoms with Crippen LogP contribution in [0.3, 0.4) is 0 Å². The highest BCUT2D eigenvalue weighted by Gasteiger charge is 2.35. The molecule has 6 rings (SSSR count). The van der Waals surface area contributed by atoms with Gasteiger partial charge in [0.25, 0.3) is 0 Å². The predicted molar refractivity (Wildman–Crippen MR) is 135 cm³/mol. The average molecular weight is 467 g/mol. The zero-order valence-electron chi connectivity index (χ0n) is 19.6. The van der Waals surface area contributed by atoms with Gasteiger partial charge in [0.05, 0.1) is 29.7 Å². The van der Waals surface area contributed by atoms with E-state index >= 15 is 0 Å². The van der Waals surface area contributed by atoms with Gasteiger partial charge >= 0.3 is 0 Å². The van der Waals surface area contributed by atoms with Gasteiger partial charge in [0.1, 0.15) is 0 Å². The van der Waals surface area contributed by atoms with Gasteiger partial charge in [0.15, 0.2) is 6.20 Å². The minimum atomic E-state index is -0.484. The zero-order valence-corrected chi connectivity index (χ0v) is 19.6. The molecule has 2 aromatic heterocycles. The molecule has 2 aliphatic carbocycles. The van der Waals surface area contributed by atoms with Gasteiger partial charge in [-0.25, -0.2) is 0 Å². The Labute approximate surface area is 206 Å². The highest BCUT2D eigenvalue weighted by molar-refractivity contribution is 5.37. The van der Waals surface area contributed by atoms with Gasteiger partial charge in [-0.15, -0.1) is 0 Å². The van der Waals surface area contributed by atoms with Crippen molar-refractivity contribution in [1.82, 2.24) is 4.98 Å². The number of benzene rings is 2. The lowest BCUT2D eigenvalue weighted by atomic mass is 9.80. The van der Waals surface area contributed by atoms with Crippen LogP contribution in [0.5, 0.6) is 0 Å². The van der Waals surface area contributed by atoms with E-state index in [2.05, 4.69) is 23.2 Å². The van der Waals surface area contributed by atoms with Gasteiger partial charge in [-0.2, -0.15) is 4.73 Å². The van der Waals surface area contributed by atoms with Crippen molar-refractivity contribution in [3.63, 3.8) is 0 Å². The van der Waals surface area contributed by atoms with E-state index in [4.69, 9.17) is 0 Å². The molecule has 2 N–H and O–H groups in total. The molecule has 2 heterocycles. The molecular weight excluding hydrogens is 436 g/mol. The summed E-state index contributed by atoms with van der Waals surface area (Å²) in [5.74, 6) is -0.185. The number of aryl methyl sites for hydroxylation is 2. The Balaban J connectivity index is 0.000000145. The first kappa shape index (κ1) is 23.2. The van der Waals surface area contributed by atoms with Crippen molar-refractivity contribution in [2.75, 3.05) is 0 Å². The average Bonchev–Trinajstić information content (AvgIpc) is 2.90. The molecule has 4 aromatic rings. The predicted octanol–water partition coefficient (Wildman–Crippen LogP) is 4.28. The lowest BCUT2D eigenvalue weighted by Crippen LogP contribution is -2.41. The fourth-order valence-electron chi connectivity index (χ4n) is 5.42. The lowest BCUT2D eigenvalue weighted by Gasteiger charge is -2.29. The molecule has 5 nitrogen and oxygen atoms in total. The van der Waals surface area contributed by atoms with E-state index in [1.165, 1.54) is 11.8 Å². The van der Waals surface area contributed by atoms with Crippen molar-refractivity contribution in [1.29, 1.82) is 0 Å². The van der Waals surface area contributed by atoms with Crippen LogP contribution in [0.25, 0.3) is 0 Å². The molecule has 0 radical (unpaired) electrons. The number of rotatable bonds is 2. The Morgan fingerprint density at radius 3 is 1.94 bits per heavy atom. The second kappa shape index (κ2) is 10.4. The summed E-state index contributed by atoms with van der Waals surface area (Å²) < 4.78 is 0.898. The van der Waals surface area contributed by atoms with Gasteiger partial charge < -0.3 is 15.4 Å². The van der Waals surface area contributed by atoms with Crippen LogP contribution in [0.15, 0.2) is 97.3 Å². The van der Waals surface area contributed by atoms with Crippen LogP contribution < -0.4 is 4.73 Å². The number of hydrogen-bond donors (Lipinski definition) is 2. The molecule has 35 heavy (non-hydrogen) atoms. The Hall–Kier alpha value is -3.54. The maximum absolute atomic E-state index is 12.0. The van der Waals surface area contributed by atoms with Crippen LogP contribution in [0.2, 0.25) is 0 Å². The summed E-state index contributed by atoms with van der Waals surface area (Å²) in [6.45, 7) is 0. The third kappa shape index (κ3) is 4.83. The Bertz CT molecular complexity index is 1260. The molecule has 0 amide bonds. The minimum absolute atomic E-state index is 0.0288. The van der Waals surface area contributed by atoms with Crippen molar-refractivity contribution in [3.05, 3.63) is 136 Å². The van der Waals surface area contributed by atoms with Crippen LogP contribution in [0.1, 0.15) is 58.3 Å². The molecule has 0 saturated carbocycles. The maximum Gasteiger partial charge on any atom is 0.206 e. The molecule has 0 fully saturated rings. The quantitative estimate of drug-likeness (QED) is 0.341. The highest BCUT2D eigenvalue weighted by atomic mass is 16.5. The van der Waals surface area contributed by atoms with Gasteiger partial charge in [0, 0.05) is 17.8 Å². The zero-order chi connectivity index (χ0) is 24.2. The monoisotopic (exact) mass is 466 g/mol. The van der Waals surface area contributed by atoms with E-state index in [-0.39, 0.29) is 17.9 Å². The Morgan fingerprint density at radius 2 is 1.26 bits per heavy atom. The number of aromatic nitrogens is 2. The number of hydrogen-bond acceptors (Lipinski definition) is 4. The highest BCUT2D eigenvalue weighted by Crippen LogP contribution is 2.36. The van der Waals surface area contributed by atoms with Crippen LogP contribution in [-0.2, 0) is 12.8 Å². The SMILES string of the molecule is O[C@H]1CCc2cccnc2[C@@H]1c1ccccc1.[O-][n+]1cccc2c1[C@H](c1ccccc1)[C@@H](O)CC2. The Morgan fingerprint density at radius 1 is 0.686 bits per heavy atom. The van der Waals surface area contributed by atoms with Gasteiger partial charge in [-0.05, 0) is 54.5 Å². The molecule has 4 atom stereocenters. The first-order valence-electron chi connectivity index (χ1n) is 12.2. The second-order valence-electron chi connectivity index (χ2n) is 9.28. The molecule has 0 bridgehead atoms. The first-order chi connectivity index (χ1) is 17.1. The molecule has 0 saturated heterocycles. The molecule has 0 unspecified atom stereocenters. The molecular formula is C30H30N2O3. The van der Waals surface area contributed by atoms with Gasteiger partial charge in [0.2, 0.25) is 5.69 Å². The van der Waals surface area contributed by atoms with Crippen molar-refractivity contribution >= 4 is 0 Å². The largest absolute Gasteiger partial charge is 0.618 e. The minimum Gasteiger partial charge on any atom is -0.618 e. The summed E-state index contributed by atoms with van der Waals surface area (Å²) in [6.07, 6.45) is 5.73. The number of fused-ring (bicyclic) bond motifs is 2. The summed E-state index contributed by atoms with van der Waals surface area (Å²) in [4.78, 5) is 4.47. The van der Waals surface area contributed by atoms with E-state index in [0.29, 0.717) is 12.1 Å². The molecule has 2 aliphatic rings. The van der Waals surface area contributed by atoms with Gasteiger partial charge in [-0.3, -0.25) is 4.98 Å². The van der Waals surface area contributed by atoms with Crippen LogP contribution in [-0.4, -0.2) is 27.4 Å². The molecule has 0 spiro atoms. The van der Waals surface area contributed by atoms with E-state index in [0.717, 1.165) is 46.4 Å². The number of aliphatic hydroxyl groups is 2. The number of pyridine rings is 2. The topological polar surface area (TPSA) is 80.3 Å². The maximum atomic E-state index is 12.0. The van der Waals surface area contributed by atoms with Crippen LogP contribution >= 0.6 is 0 Å². The standard InChI is InChI=1S/C15H15NO2.C15H15NO/c17-13-9-8-12-7-4-10-16(18)15(12)14(13)11-5-2-1-3-6-11;17-13-9-8-12-7-4-10-16-15(12)14(13)11-5-2-1-3-6-11/h1-7,10,13-14,17H,8-9H2;1-7,10,13-14,17H,8-9H2/t2*13-,14+/m00/s1. The second-order valence-corrected chi connectivity index (χ2v) is 9.28. The van der Waals surface area contributed by atoms with Crippen molar-refractivity contribution in [3.8, 4) is 0 Å². The van der Waals surface area contributed by atoms with E-state index < -0.39 is 6.10 Å². The summed E-state index contributed by atoms with van der Waals surface area (Å²) in [7, 11) is 0. The molecule has 2 aromatic carbocycles. The third-order valence-electron chi connectivity index (χ3n) is 7.11. The number of nitrogens with zero attached hydrogens (tertiary/aromatic N) is 2. The van der Waals surface area contributed by atoms with Crippen molar-refractivity contribution in [2.24, 2.45) is 0 Å². The summed E-state index contributed by atoms with van der Waals surface area (Å²) in [5.41, 5.74) is 6.21. The fourth-order valence-corrected chi connectivity index (χ4v) is 5.42. The number of aliphatic hydroxyl groups excluding tert-OH is 2. The molecule has 0 aliphatic heterocycles. The van der Waals surface area contributed by atoms with Crippen molar-refractivity contribution in [2.45, 2.75) is 49.7 Å².